The fraction of sp³-hybridized carbons (Fsp3) is 0.321. The van der Waals surface area contributed by atoms with Crippen molar-refractivity contribution >= 4 is 11.3 Å². The second-order valence-corrected chi connectivity index (χ2v) is 9.10. The van der Waals surface area contributed by atoms with Gasteiger partial charge in [0.05, 0.1) is 18.5 Å². The molecule has 2 aromatic carbocycles. The van der Waals surface area contributed by atoms with Gasteiger partial charge < -0.3 is 19.4 Å². The zero-order chi connectivity index (χ0) is 23.5. The molecule has 2 aromatic heterocycles. The van der Waals surface area contributed by atoms with Gasteiger partial charge in [-0.15, -0.1) is 0 Å². The molecule has 0 aliphatic carbocycles. The predicted octanol–water partition coefficient (Wildman–Crippen LogP) is 4.54. The third-order valence-electron chi connectivity index (χ3n) is 6.60. The number of hydrogen-bond donors (Lipinski definition) is 1. The van der Waals surface area contributed by atoms with Gasteiger partial charge in [0.1, 0.15) is 11.4 Å². The molecule has 6 nitrogen and oxygen atoms in total. The lowest BCUT2D eigenvalue weighted by molar-refractivity contribution is 0.281. The molecule has 1 aliphatic heterocycles. The highest BCUT2D eigenvalue weighted by molar-refractivity contribution is 5.71. The zero-order valence-corrected chi connectivity index (χ0v) is 20.3. The van der Waals surface area contributed by atoms with Crippen LogP contribution in [0.2, 0.25) is 0 Å². The Kier molecular flexibility index (Phi) is 6.52. The van der Waals surface area contributed by atoms with E-state index in [0.29, 0.717) is 0 Å². The number of hydrogen-bond acceptors (Lipinski definition) is 5. The second-order valence-electron chi connectivity index (χ2n) is 9.10. The maximum Gasteiger partial charge on any atom is 0.137 e. The van der Waals surface area contributed by atoms with Crippen molar-refractivity contribution in [1.29, 1.82) is 0 Å². The van der Waals surface area contributed by atoms with Crippen LogP contribution in [0.15, 0.2) is 66.9 Å². The van der Waals surface area contributed by atoms with E-state index in [1.165, 1.54) is 22.5 Å². The number of rotatable bonds is 6. The molecule has 1 fully saturated rings. The summed E-state index contributed by atoms with van der Waals surface area (Å²) < 4.78 is 7.66. The van der Waals surface area contributed by atoms with Crippen LogP contribution in [-0.4, -0.2) is 61.7 Å². The van der Waals surface area contributed by atoms with Crippen molar-refractivity contribution in [3.63, 3.8) is 0 Å². The largest absolute Gasteiger partial charge is 0.497 e. The van der Waals surface area contributed by atoms with Crippen molar-refractivity contribution in [3.8, 4) is 28.1 Å². The molecule has 6 heteroatoms. The maximum atomic E-state index is 5.37. The average molecular weight is 456 g/mol. The minimum atomic E-state index is 0.858. The molecular formula is C28H33N5O. The van der Waals surface area contributed by atoms with Gasteiger partial charge in [-0.3, -0.25) is 4.90 Å². The molecule has 5 rings (SSSR count). The van der Waals surface area contributed by atoms with Crippen LogP contribution in [0.5, 0.6) is 5.75 Å². The SMILES string of the molecule is COc1ccc(-c2nc3ccc(-c4ccc(N(C)C)cc4)cn3c2CN2CCCNCC2)cc1. The summed E-state index contributed by atoms with van der Waals surface area (Å²) >= 11 is 0. The summed E-state index contributed by atoms with van der Waals surface area (Å²) in [7, 11) is 5.83. The van der Waals surface area contributed by atoms with Crippen LogP contribution < -0.4 is 15.0 Å². The molecule has 0 spiro atoms. The van der Waals surface area contributed by atoms with E-state index in [9.17, 15) is 0 Å². The van der Waals surface area contributed by atoms with Crippen LogP contribution >= 0.6 is 0 Å². The molecule has 4 aromatic rings. The first-order chi connectivity index (χ1) is 16.6. The molecular weight excluding hydrogens is 422 g/mol. The number of nitrogens with one attached hydrogen (secondary N) is 1. The molecule has 0 unspecified atom stereocenters. The Bertz CT molecular complexity index is 1240. The Morgan fingerprint density at radius 2 is 1.62 bits per heavy atom. The highest BCUT2D eigenvalue weighted by Gasteiger charge is 2.19. The smallest absolute Gasteiger partial charge is 0.137 e. The molecule has 1 N–H and O–H groups in total. The van der Waals surface area contributed by atoms with E-state index >= 15 is 0 Å². The third-order valence-corrected chi connectivity index (χ3v) is 6.60. The van der Waals surface area contributed by atoms with Crippen molar-refractivity contribution < 1.29 is 4.74 Å². The topological polar surface area (TPSA) is 45.0 Å². The summed E-state index contributed by atoms with van der Waals surface area (Å²) in [6.07, 6.45) is 3.41. The van der Waals surface area contributed by atoms with Gasteiger partial charge in [0.2, 0.25) is 0 Å². The monoisotopic (exact) mass is 455 g/mol. The molecule has 1 aliphatic rings. The summed E-state index contributed by atoms with van der Waals surface area (Å²) in [6.45, 7) is 5.11. The summed E-state index contributed by atoms with van der Waals surface area (Å²) in [6, 6.07) is 21.3. The van der Waals surface area contributed by atoms with E-state index in [0.717, 1.165) is 61.8 Å². The number of imidazole rings is 1. The van der Waals surface area contributed by atoms with Crippen molar-refractivity contribution in [2.45, 2.75) is 13.0 Å². The van der Waals surface area contributed by atoms with Crippen LogP contribution in [0.3, 0.4) is 0 Å². The highest BCUT2D eigenvalue weighted by Crippen LogP contribution is 2.30. The van der Waals surface area contributed by atoms with E-state index in [-0.39, 0.29) is 0 Å². The van der Waals surface area contributed by atoms with Crippen LogP contribution in [0.1, 0.15) is 12.1 Å². The normalized spacial score (nSPS) is 14.8. The number of pyridine rings is 1. The first kappa shape index (κ1) is 22.4. The molecule has 176 valence electrons. The standard InChI is InChI=1S/C28H33N5O/c1-31(2)24-10-5-21(6-11-24)23-9-14-27-30-28(22-7-12-25(34-3)13-8-22)26(33(27)19-23)20-32-17-4-15-29-16-18-32/h5-14,19,29H,4,15-18,20H2,1-3H3. The summed E-state index contributed by atoms with van der Waals surface area (Å²) in [5, 5.41) is 3.51. The third kappa shape index (κ3) is 4.65. The van der Waals surface area contributed by atoms with Crippen LogP contribution in [0, 0.1) is 0 Å². The number of anilines is 1. The van der Waals surface area contributed by atoms with Crippen molar-refractivity contribution in [3.05, 3.63) is 72.6 Å². The molecule has 0 atom stereocenters. The Hall–Kier alpha value is -3.35. The Morgan fingerprint density at radius 3 is 2.35 bits per heavy atom. The number of aromatic nitrogens is 2. The molecule has 3 heterocycles. The van der Waals surface area contributed by atoms with Gasteiger partial charge in [0.25, 0.3) is 0 Å². The number of nitrogens with zero attached hydrogens (tertiary/aromatic N) is 4. The minimum absolute atomic E-state index is 0.858. The van der Waals surface area contributed by atoms with Gasteiger partial charge in [-0.1, -0.05) is 12.1 Å². The van der Waals surface area contributed by atoms with Crippen molar-refractivity contribution in [2.75, 3.05) is 52.3 Å². The summed E-state index contributed by atoms with van der Waals surface area (Å²) in [5.41, 5.74) is 7.96. The van der Waals surface area contributed by atoms with E-state index in [1.807, 2.05) is 12.1 Å². The number of benzene rings is 2. The van der Waals surface area contributed by atoms with Gasteiger partial charge in [0, 0.05) is 51.2 Å². The van der Waals surface area contributed by atoms with Gasteiger partial charge in [-0.2, -0.15) is 0 Å². The van der Waals surface area contributed by atoms with Crippen molar-refractivity contribution in [2.24, 2.45) is 0 Å². The summed E-state index contributed by atoms with van der Waals surface area (Å²) in [4.78, 5) is 9.73. The molecule has 1 saturated heterocycles. The van der Waals surface area contributed by atoms with E-state index in [1.54, 1.807) is 7.11 Å². The van der Waals surface area contributed by atoms with Crippen LogP contribution in [0.25, 0.3) is 28.0 Å². The van der Waals surface area contributed by atoms with E-state index in [4.69, 9.17) is 9.72 Å². The quantitative estimate of drug-likeness (QED) is 0.463. The number of methoxy groups -OCH3 is 1. The number of ether oxygens (including phenoxy) is 1. The van der Waals surface area contributed by atoms with E-state index < -0.39 is 0 Å². The molecule has 0 radical (unpaired) electrons. The Balaban J connectivity index is 1.58. The lowest BCUT2D eigenvalue weighted by Crippen LogP contribution is -2.28. The molecule has 0 bridgehead atoms. The molecule has 34 heavy (non-hydrogen) atoms. The number of fused-ring (bicyclic) bond motifs is 1. The van der Waals surface area contributed by atoms with Gasteiger partial charge >= 0.3 is 0 Å². The van der Waals surface area contributed by atoms with Crippen LogP contribution in [-0.2, 0) is 6.54 Å². The summed E-state index contributed by atoms with van der Waals surface area (Å²) in [5.74, 6) is 0.858. The van der Waals surface area contributed by atoms with Gasteiger partial charge in [-0.05, 0) is 79.2 Å². The maximum absolute atomic E-state index is 5.37. The minimum Gasteiger partial charge on any atom is -0.497 e. The van der Waals surface area contributed by atoms with Gasteiger partial charge in [-0.25, -0.2) is 4.98 Å². The lowest BCUT2D eigenvalue weighted by atomic mass is 10.1. The Morgan fingerprint density at radius 1 is 0.882 bits per heavy atom. The molecule has 0 amide bonds. The van der Waals surface area contributed by atoms with Crippen LogP contribution in [0.4, 0.5) is 5.69 Å². The first-order valence-corrected chi connectivity index (χ1v) is 12.0. The average Bonchev–Trinajstić information content (AvgIpc) is 3.03. The fourth-order valence-corrected chi connectivity index (χ4v) is 4.62. The second kappa shape index (κ2) is 9.87. The van der Waals surface area contributed by atoms with Gasteiger partial charge in [0.15, 0.2) is 0 Å². The predicted molar refractivity (Wildman–Crippen MR) is 140 cm³/mol. The fourth-order valence-electron chi connectivity index (χ4n) is 4.62. The molecule has 0 saturated carbocycles. The first-order valence-electron chi connectivity index (χ1n) is 12.0. The van der Waals surface area contributed by atoms with Crippen molar-refractivity contribution in [1.82, 2.24) is 19.6 Å². The Labute approximate surface area is 201 Å². The lowest BCUT2D eigenvalue weighted by Gasteiger charge is -2.20. The highest BCUT2D eigenvalue weighted by atomic mass is 16.5. The zero-order valence-electron chi connectivity index (χ0n) is 20.3. The van der Waals surface area contributed by atoms with E-state index in [2.05, 4.69) is 88.3 Å².